The number of benzene rings is 1. The third kappa shape index (κ3) is 3.24. The maximum atomic E-state index is 12.1. The van der Waals surface area contributed by atoms with Crippen LogP contribution in [0.1, 0.15) is 32.4 Å². The van der Waals surface area contributed by atoms with Gasteiger partial charge in [0.15, 0.2) is 5.43 Å². The van der Waals surface area contributed by atoms with Crippen LogP contribution in [0.2, 0.25) is 0 Å². The van der Waals surface area contributed by atoms with Crippen LogP contribution in [-0.2, 0) is 0 Å². The number of aromatic amines is 1. The Labute approximate surface area is 125 Å². The maximum absolute atomic E-state index is 12.1. The van der Waals surface area contributed by atoms with E-state index in [0.717, 1.165) is 35.4 Å². The highest BCUT2D eigenvalue weighted by Crippen LogP contribution is 2.22. The van der Waals surface area contributed by atoms with Gasteiger partial charge in [0.05, 0.1) is 12.6 Å². The van der Waals surface area contributed by atoms with Gasteiger partial charge in [0.2, 0.25) is 0 Å². The molecule has 0 amide bonds. The van der Waals surface area contributed by atoms with Crippen LogP contribution < -0.4 is 10.2 Å². The van der Waals surface area contributed by atoms with E-state index in [1.54, 1.807) is 25.3 Å². The van der Waals surface area contributed by atoms with Gasteiger partial charge in [-0.2, -0.15) is 0 Å². The Morgan fingerprint density at radius 1 is 1.14 bits per heavy atom. The van der Waals surface area contributed by atoms with Crippen molar-refractivity contribution in [3.8, 4) is 5.75 Å². The van der Waals surface area contributed by atoms with Gasteiger partial charge in [0, 0.05) is 23.2 Å². The quantitative estimate of drug-likeness (QED) is 0.893. The first kappa shape index (κ1) is 15.1. The van der Waals surface area contributed by atoms with Crippen molar-refractivity contribution in [1.82, 2.24) is 4.98 Å². The number of allylic oxidation sites excluding steroid dienone is 4. The van der Waals surface area contributed by atoms with E-state index < -0.39 is 0 Å². The van der Waals surface area contributed by atoms with Crippen LogP contribution in [-0.4, -0.2) is 12.1 Å². The van der Waals surface area contributed by atoms with Crippen LogP contribution in [0.25, 0.3) is 16.5 Å². The molecule has 1 aromatic heterocycles. The molecule has 0 radical (unpaired) electrons. The number of methoxy groups -OCH3 is 1. The lowest BCUT2D eigenvalue weighted by Crippen LogP contribution is -2.05. The van der Waals surface area contributed by atoms with Crippen LogP contribution in [0.5, 0.6) is 5.75 Å². The fourth-order valence-corrected chi connectivity index (χ4v) is 2.33. The minimum atomic E-state index is 0.0336. The van der Waals surface area contributed by atoms with Crippen molar-refractivity contribution in [2.75, 3.05) is 7.11 Å². The molecule has 21 heavy (non-hydrogen) atoms. The summed E-state index contributed by atoms with van der Waals surface area (Å²) in [5.41, 5.74) is 2.78. The number of pyridine rings is 1. The van der Waals surface area contributed by atoms with Crippen LogP contribution in [0.3, 0.4) is 0 Å². The molecule has 0 aliphatic heterocycles. The normalized spacial score (nSPS) is 13.4. The first-order chi connectivity index (χ1) is 10.3. The van der Waals surface area contributed by atoms with Gasteiger partial charge in [0.1, 0.15) is 5.75 Å². The molecular formula is C18H21NO2. The Morgan fingerprint density at radius 2 is 1.95 bits per heavy atom. The van der Waals surface area contributed by atoms with Crippen molar-refractivity contribution in [2.24, 2.45) is 0 Å². The molecule has 2 aromatic rings. The second-order valence-corrected chi connectivity index (χ2v) is 4.60. The number of nitrogens with one attached hydrogen (secondary N) is 1. The molecule has 1 aromatic carbocycles. The van der Waals surface area contributed by atoms with Gasteiger partial charge < -0.3 is 9.72 Å². The number of ether oxygens (including phenoxy) is 1. The third-order valence-corrected chi connectivity index (χ3v) is 3.34. The van der Waals surface area contributed by atoms with Crippen molar-refractivity contribution in [3.63, 3.8) is 0 Å². The number of aromatic nitrogens is 1. The molecule has 1 aliphatic carbocycles. The summed E-state index contributed by atoms with van der Waals surface area (Å²) in [4.78, 5) is 15.4. The molecule has 3 rings (SSSR count). The predicted molar refractivity (Wildman–Crippen MR) is 88.8 cm³/mol. The largest absolute Gasteiger partial charge is 0.497 e. The summed E-state index contributed by atoms with van der Waals surface area (Å²) in [5.74, 6) is 0.744. The van der Waals surface area contributed by atoms with Crippen molar-refractivity contribution < 1.29 is 4.74 Å². The molecular weight excluding hydrogens is 262 g/mol. The zero-order valence-corrected chi connectivity index (χ0v) is 12.8. The molecule has 1 aliphatic rings. The topological polar surface area (TPSA) is 42.1 Å². The van der Waals surface area contributed by atoms with Gasteiger partial charge in [-0.05, 0) is 30.5 Å². The van der Waals surface area contributed by atoms with Crippen LogP contribution >= 0.6 is 0 Å². The average molecular weight is 283 g/mol. The summed E-state index contributed by atoms with van der Waals surface area (Å²) >= 11 is 0. The molecule has 3 heteroatoms. The highest BCUT2D eigenvalue weighted by Gasteiger charge is 2.07. The molecule has 0 atom stereocenters. The molecule has 0 spiro atoms. The van der Waals surface area contributed by atoms with Crippen LogP contribution in [0.15, 0.2) is 47.3 Å². The smallest absolute Gasteiger partial charge is 0.190 e. The van der Waals surface area contributed by atoms with Gasteiger partial charge in [-0.25, -0.2) is 0 Å². The van der Waals surface area contributed by atoms with E-state index >= 15 is 0 Å². The summed E-state index contributed by atoms with van der Waals surface area (Å²) in [6.07, 6.45) is 8.42. The van der Waals surface area contributed by atoms with Crippen molar-refractivity contribution in [2.45, 2.75) is 26.7 Å². The van der Waals surface area contributed by atoms with E-state index in [4.69, 9.17) is 4.74 Å². The second kappa shape index (κ2) is 6.93. The highest BCUT2D eigenvalue weighted by atomic mass is 16.5. The summed E-state index contributed by atoms with van der Waals surface area (Å²) in [7, 11) is 1.62. The van der Waals surface area contributed by atoms with Crippen molar-refractivity contribution in [3.05, 3.63) is 58.4 Å². The number of H-pyrrole nitrogens is 1. The molecule has 1 N–H and O–H groups in total. The number of hydrogen-bond donors (Lipinski definition) is 1. The molecule has 1 heterocycles. The first-order valence-electron chi connectivity index (χ1n) is 7.36. The fraction of sp³-hybridized carbons (Fsp3) is 0.278. The Hall–Kier alpha value is -2.29. The standard InChI is InChI=1S/C16H15NO2.C2H6/c1-19-12-7-8-13-15(9-12)17-14(10-16(13)18)11-5-3-2-4-6-11;1-2/h3,5-10H,2,4H2,1H3,(H,17,18);1-2H3. The van der Waals surface area contributed by atoms with Gasteiger partial charge in [-0.3, -0.25) is 4.79 Å². The molecule has 110 valence electrons. The predicted octanol–water partition coefficient (Wildman–Crippen LogP) is 4.30. The minimum absolute atomic E-state index is 0.0336. The van der Waals surface area contributed by atoms with E-state index in [1.807, 2.05) is 19.9 Å². The minimum Gasteiger partial charge on any atom is -0.497 e. The molecule has 0 saturated carbocycles. The molecule has 3 nitrogen and oxygen atoms in total. The van der Waals surface area contributed by atoms with Crippen LogP contribution in [0, 0.1) is 0 Å². The molecule has 0 saturated heterocycles. The summed E-state index contributed by atoms with van der Waals surface area (Å²) in [6, 6.07) is 7.11. The number of hydrogen-bond acceptors (Lipinski definition) is 2. The number of rotatable bonds is 2. The van der Waals surface area contributed by atoms with Gasteiger partial charge in [-0.1, -0.05) is 32.1 Å². The van der Waals surface area contributed by atoms with E-state index in [0.29, 0.717) is 5.39 Å². The lowest BCUT2D eigenvalue weighted by Gasteiger charge is -2.09. The second-order valence-electron chi connectivity index (χ2n) is 4.60. The molecule has 0 bridgehead atoms. The molecule has 0 unspecified atom stereocenters. The van der Waals surface area contributed by atoms with Crippen molar-refractivity contribution >= 4 is 16.5 Å². The Morgan fingerprint density at radius 3 is 2.62 bits per heavy atom. The zero-order valence-electron chi connectivity index (χ0n) is 12.8. The van der Waals surface area contributed by atoms with Gasteiger partial charge >= 0.3 is 0 Å². The maximum Gasteiger partial charge on any atom is 0.190 e. The monoisotopic (exact) mass is 283 g/mol. The molecule has 0 fully saturated rings. The zero-order chi connectivity index (χ0) is 15.2. The first-order valence-corrected chi connectivity index (χ1v) is 7.36. The van der Waals surface area contributed by atoms with E-state index in [1.165, 1.54) is 0 Å². The van der Waals surface area contributed by atoms with Crippen molar-refractivity contribution in [1.29, 1.82) is 0 Å². The van der Waals surface area contributed by atoms with E-state index in [-0.39, 0.29) is 5.43 Å². The lowest BCUT2D eigenvalue weighted by molar-refractivity contribution is 0.415. The van der Waals surface area contributed by atoms with Gasteiger partial charge in [0.25, 0.3) is 0 Å². The summed E-state index contributed by atoms with van der Waals surface area (Å²) < 4.78 is 5.20. The average Bonchev–Trinajstić information content (AvgIpc) is 2.57. The SMILES string of the molecule is CC.COc1ccc2c(=O)cc(C3=CCCC=C3)[nH]c2c1. The lowest BCUT2D eigenvalue weighted by atomic mass is 10.0. The Balaban J connectivity index is 0.000000774. The number of fused-ring (bicyclic) bond motifs is 1. The third-order valence-electron chi connectivity index (χ3n) is 3.34. The summed E-state index contributed by atoms with van der Waals surface area (Å²) in [6.45, 7) is 4.00. The van der Waals surface area contributed by atoms with Crippen LogP contribution in [0.4, 0.5) is 0 Å². The van der Waals surface area contributed by atoms with E-state index in [2.05, 4.69) is 23.2 Å². The highest BCUT2D eigenvalue weighted by molar-refractivity contribution is 5.83. The fourth-order valence-electron chi connectivity index (χ4n) is 2.33. The van der Waals surface area contributed by atoms with Gasteiger partial charge in [-0.15, -0.1) is 0 Å². The van der Waals surface area contributed by atoms with E-state index in [9.17, 15) is 4.79 Å². The summed E-state index contributed by atoms with van der Waals surface area (Å²) in [5, 5.41) is 0.685. The Bertz CT molecular complexity index is 738. The Kier molecular flexibility index (Phi) is 4.99.